The standard InChI is InChI=1S/C10H21N3O/c1-11-5-6-12-10(14)9-3-7-13(2)8-4-9/h9,11H,3-8H2,1-2H3,(H,12,14). The van der Waals surface area contributed by atoms with Gasteiger partial charge in [0, 0.05) is 19.0 Å². The van der Waals surface area contributed by atoms with E-state index in [0.717, 1.165) is 39.0 Å². The molecule has 0 bridgehead atoms. The van der Waals surface area contributed by atoms with Gasteiger partial charge >= 0.3 is 0 Å². The van der Waals surface area contributed by atoms with Crippen molar-refractivity contribution < 1.29 is 4.79 Å². The zero-order chi connectivity index (χ0) is 10.4. The fourth-order valence-corrected chi connectivity index (χ4v) is 1.73. The van der Waals surface area contributed by atoms with Crippen molar-refractivity contribution in [3.8, 4) is 0 Å². The molecule has 0 saturated carbocycles. The van der Waals surface area contributed by atoms with Crippen molar-refractivity contribution in [2.75, 3.05) is 40.3 Å². The van der Waals surface area contributed by atoms with Crippen LogP contribution in [0.1, 0.15) is 12.8 Å². The Morgan fingerprint density at radius 2 is 2.00 bits per heavy atom. The molecule has 1 heterocycles. The Morgan fingerprint density at radius 1 is 1.36 bits per heavy atom. The van der Waals surface area contributed by atoms with Gasteiger partial charge in [-0.2, -0.15) is 0 Å². The number of piperidine rings is 1. The number of nitrogens with zero attached hydrogens (tertiary/aromatic N) is 1. The summed E-state index contributed by atoms with van der Waals surface area (Å²) in [6, 6.07) is 0. The van der Waals surface area contributed by atoms with Crippen LogP contribution in [0.5, 0.6) is 0 Å². The third-order valence-corrected chi connectivity index (χ3v) is 2.76. The predicted molar refractivity (Wildman–Crippen MR) is 57.2 cm³/mol. The van der Waals surface area contributed by atoms with Crippen molar-refractivity contribution in [3.63, 3.8) is 0 Å². The maximum Gasteiger partial charge on any atom is 0.223 e. The molecule has 1 rings (SSSR count). The maximum absolute atomic E-state index is 11.6. The molecule has 0 atom stereocenters. The van der Waals surface area contributed by atoms with Crippen molar-refractivity contribution in [1.29, 1.82) is 0 Å². The van der Waals surface area contributed by atoms with Crippen LogP contribution in [0.3, 0.4) is 0 Å². The van der Waals surface area contributed by atoms with Gasteiger partial charge in [0.25, 0.3) is 0 Å². The molecule has 1 aliphatic heterocycles. The van der Waals surface area contributed by atoms with E-state index >= 15 is 0 Å². The first-order chi connectivity index (χ1) is 6.74. The molecule has 0 aromatic carbocycles. The van der Waals surface area contributed by atoms with Crippen molar-refractivity contribution in [3.05, 3.63) is 0 Å². The lowest BCUT2D eigenvalue weighted by molar-refractivity contribution is -0.126. The monoisotopic (exact) mass is 199 g/mol. The van der Waals surface area contributed by atoms with E-state index in [2.05, 4.69) is 22.6 Å². The minimum Gasteiger partial charge on any atom is -0.355 e. The van der Waals surface area contributed by atoms with Gasteiger partial charge in [0.1, 0.15) is 0 Å². The minimum absolute atomic E-state index is 0.230. The highest BCUT2D eigenvalue weighted by atomic mass is 16.1. The summed E-state index contributed by atoms with van der Waals surface area (Å²) in [5.74, 6) is 0.469. The van der Waals surface area contributed by atoms with Gasteiger partial charge in [-0.3, -0.25) is 4.79 Å². The molecule has 0 radical (unpaired) electrons. The number of hydrogen-bond donors (Lipinski definition) is 2. The minimum atomic E-state index is 0.230. The second kappa shape index (κ2) is 5.98. The molecule has 0 aromatic heterocycles. The van der Waals surface area contributed by atoms with E-state index < -0.39 is 0 Å². The van der Waals surface area contributed by atoms with E-state index in [1.165, 1.54) is 0 Å². The second-order valence-corrected chi connectivity index (χ2v) is 3.97. The fraction of sp³-hybridized carbons (Fsp3) is 0.900. The predicted octanol–water partition coefficient (Wildman–Crippen LogP) is -0.336. The maximum atomic E-state index is 11.6. The molecule has 0 aliphatic carbocycles. The van der Waals surface area contributed by atoms with Crippen LogP contribution in [0, 0.1) is 5.92 Å². The number of carbonyl (C=O) groups is 1. The molecule has 1 saturated heterocycles. The van der Waals surface area contributed by atoms with Crippen molar-refractivity contribution >= 4 is 5.91 Å². The number of nitrogens with one attached hydrogen (secondary N) is 2. The molecule has 1 aliphatic rings. The van der Waals surface area contributed by atoms with Crippen molar-refractivity contribution in [2.45, 2.75) is 12.8 Å². The summed E-state index contributed by atoms with van der Waals surface area (Å²) >= 11 is 0. The number of carbonyl (C=O) groups excluding carboxylic acids is 1. The molecule has 82 valence electrons. The van der Waals surface area contributed by atoms with Crippen molar-refractivity contribution in [2.24, 2.45) is 5.92 Å². The van der Waals surface area contributed by atoms with Gasteiger partial charge < -0.3 is 15.5 Å². The summed E-state index contributed by atoms with van der Waals surface area (Å²) in [4.78, 5) is 13.9. The van der Waals surface area contributed by atoms with Gasteiger partial charge in [0.15, 0.2) is 0 Å². The first-order valence-corrected chi connectivity index (χ1v) is 5.35. The molecule has 1 fully saturated rings. The molecule has 2 N–H and O–H groups in total. The molecule has 14 heavy (non-hydrogen) atoms. The van der Waals surface area contributed by atoms with Crippen LogP contribution in [0.2, 0.25) is 0 Å². The highest BCUT2D eigenvalue weighted by Gasteiger charge is 2.22. The summed E-state index contributed by atoms with van der Waals surface area (Å²) < 4.78 is 0. The SMILES string of the molecule is CNCCNC(=O)C1CCN(C)CC1. The third kappa shape index (κ3) is 3.64. The van der Waals surface area contributed by atoms with E-state index in [-0.39, 0.29) is 11.8 Å². The summed E-state index contributed by atoms with van der Waals surface area (Å²) in [5, 5.41) is 5.96. The first kappa shape index (κ1) is 11.5. The second-order valence-electron chi connectivity index (χ2n) is 3.97. The van der Waals surface area contributed by atoms with Crippen LogP contribution < -0.4 is 10.6 Å². The van der Waals surface area contributed by atoms with E-state index in [1.54, 1.807) is 0 Å². The average molecular weight is 199 g/mol. The number of hydrogen-bond acceptors (Lipinski definition) is 3. The normalized spacial score (nSPS) is 19.6. The van der Waals surface area contributed by atoms with Gasteiger partial charge in [-0.05, 0) is 40.0 Å². The highest BCUT2D eigenvalue weighted by Crippen LogP contribution is 2.15. The lowest BCUT2D eigenvalue weighted by atomic mass is 9.96. The first-order valence-electron chi connectivity index (χ1n) is 5.35. The number of likely N-dealkylation sites (N-methyl/N-ethyl adjacent to an activating group) is 1. The molecule has 0 spiro atoms. The lowest BCUT2D eigenvalue weighted by Gasteiger charge is -2.28. The van der Waals surface area contributed by atoms with Crippen molar-refractivity contribution in [1.82, 2.24) is 15.5 Å². The van der Waals surface area contributed by atoms with Gasteiger partial charge in [0.2, 0.25) is 5.91 Å². The van der Waals surface area contributed by atoms with Gasteiger partial charge in [-0.1, -0.05) is 0 Å². The van der Waals surface area contributed by atoms with E-state index in [0.29, 0.717) is 0 Å². The lowest BCUT2D eigenvalue weighted by Crippen LogP contribution is -2.40. The Kier molecular flexibility index (Phi) is 4.90. The molecule has 0 unspecified atom stereocenters. The Balaban J connectivity index is 2.17. The highest BCUT2D eigenvalue weighted by molar-refractivity contribution is 5.78. The summed E-state index contributed by atoms with van der Waals surface area (Å²) in [7, 11) is 4.00. The fourth-order valence-electron chi connectivity index (χ4n) is 1.73. The number of rotatable bonds is 4. The van der Waals surface area contributed by atoms with Crippen LogP contribution in [0.25, 0.3) is 0 Å². The molecule has 4 heteroatoms. The van der Waals surface area contributed by atoms with E-state index in [9.17, 15) is 4.79 Å². The summed E-state index contributed by atoms with van der Waals surface area (Å²) in [6.07, 6.45) is 2.00. The average Bonchev–Trinajstić information content (AvgIpc) is 2.19. The van der Waals surface area contributed by atoms with Crippen LogP contribution in [0.15, 0.2) is 0 Å². The molecule has 4 nitrogen and oxygen atoms in total. The van der Waals surface area contributed by atoms with E-state index in [1.807, 2.05) is 7.05 Å². The number of likely N-dealkylation sites (tertiary alicyclic amines) is 1. The van der Waals surface area contributed by atoms with Crippen LogP contribution >= 0.6 is 0 Å². The molecule has 0 aromatic rings. The quantitative estimate of drug-likeness (QED) is 0.609. The Hall–Kier alpha value is -0.610. The van der Waals surface area contributed by atoms with E-state index in [4.69, 9.17) is 0 Å². The zero-order valence-electron chi connectivity index (χ0n) is 9.18. The largest absolute Gasteiger partial charge is 0.355 e. The molecular weight excluding hydrogens is 178 g/mol. The van der Waals surface area contributed by atoms with Gasteiger partial charge in [-0.15, -0.1) is 0 Å². The Morgan fingerprint density at radius 3 is 2.57 bits per heavy atom. The zero-order valence-corrected chi connectivity index (χ0v) is 9.18. The van der Waals surface area contributed by atoms with Crippen LogP contribution in [0.4, 0.5) is 0 Å². The number of amides is 1. The third-order valence-electron chi connectivity index (χ3n) is 2.76. The topological polar surface area (TPSA) is 44.4 Å². The molecule has 1 amide bonds. The van der Waals surface area contributed by atoms with Crippen LogP contribution in [-0.4, -0.2) is 51.1 Å². The van der Waals surface area contributed by atoms with Gasteiger partial charge in [0.05, 0.1) is 0 Å². The van der Waals surface area contributed by atoms with Gasteiger partial charge in [-0.25, -0.2) is 0 Å². The van der Waals surface area contributed by atoms with Crippen LogP contribution in [-0.2, 0) is 4.79 Å². The summed E-state index contributed by atoms with van der Waals surface area (Å²) in [5.41, 5.74) is 0. The Labute approximate surface area is 86.0 Å². The smallest absolute Gasteiger partial charge is 0.223 e. The summed E-state index contributed by atoms with van der Waals surface area (Å²) in [6.45, 7) is 3.67. The Bertz CT molecular complexity index is 176. The molecular formula is C10H21N3O.